The Hall–Kier alpha value is -3.07. The van der Waals surface area contributed by atoms with Crippen molar-refractivity contribution in [3.8, 4) is 5.75 Å². The van der Waals surface area contributed by atoms with Crippen LogP contribution in [0.2, 0.25) is 0 Å². The molecule has 3 aromatic rings. The van der Waals surface area contributed by atoms with Crippen molar-refractivity contribution in [2.24, 2.45) is 0 Å². The summed E-state index contributed by atoms with van der Waals surface area (Å²) >= 11 is 1.42. The third kappa shape index (κ3) is 5.29. The Morgan fingerprint density at radius 2 is 2.10 bits per heavy atom. The molecule has 0 saturated carbocycles. The number of aromatic nitrogens is 2. The molecule has 0 fully saturated rings. The Balaban J connectivity index is 1.41. The Morgan fingerprint density at radius 3 is 2.87 bits per heavy atom. The number of carbonyl (C=O) groups is 1. The smallest absolute Gasteiger partial charge is 0.311 e. The summed E-state index contributed by atoms with van der Waals surface area (Å²) in [7, 11) is 1.40. The van der Waals surface area contributed by atoms with Crippen LogP contribution in [0.25, 0.3) is 11.0 Å². The maximum absolute atomic E-state index is 12.1. The van der Waals surface area contributed by atoms with Gasteiger partial charge in [-0.05, 0) is 37.1 Å². The van der Waals surface area contributed by atoms with Gasteiger partial charge in [-0.15, -0.1) is 11.8 Å². The van der Waals surface area contributed by atoms with Gasteiger partial charge < -0.3 is 14.6 Å². The summed E-state index contributed by atoms with van der Waals surface area (Å²) in [6.07, 6.45) is 0.808. The number of benzene rings is 2. The molecule has 0 radical (unpaired) electrons. The number of nitrogens with one attached hydrogen (secondary N) is 1. The molecule has 1 heterocycles. The van der Waals surface area contributed by atoms with E-state index < -0.39 is 4.92 Å². The van der Waals surface area contributed by atoms with Crippen LogP contribution >= 0.6 is 11.8 Å². The molecule has 9 heteroatoms. The summed E-state index contributed by atoms with van der Waals surface area (Å²) in [5.41, 5.74) is 2.80. The number of nitrogens with zero attached hydrogens (tertiary/aromatic N) is 3. The first-order chi connectivity index (χ1) is 14.5. The van der Waals surface area contributed by atoms with Gasteiger partial charge in [-0.2, -0.15) is 0 Å². The van der Waals surface area contributed by atoms with Crippen molar-refractivity contribution in [1.29, 1.82) is 0 Å². The second kappa shape index (κ2) is 10.1. The van der Waals surface area contributed by atoms with Crippen molar-refractivity contribution >= 4 is 34.4 Å². The number of amides is 1. The number of nitro groups is 1. The number of thioether (sulfide) groups is 1. The second-order valence-corrected chi connectivity index (χ2v) is 7.74. The van der Waals surface area contributed by atoms with E-state index in [1.165, 1.54) is 24.9 Å². The molecular formula is C21H24N4O4S. The van der Waals surface area contributed by atoms with Gasteiger partial charge in [0.25, 0.3) is 0 Å². The molecule has 0 aliphatic carbocycles. The van der Waals surface area contributed by atoms with E-state index in [1.54, 1.807) is 12.1 Å². The molecule has 1 amide bonds. The summed E-state index contributed by atoms with van der Waals surface area (Å²) < 4.78 is 7.16. The van der Waals surface area contributed by atoms with Crippen LogP contribution in [0.1, 0.15) is 17.8 Å². The van der Waals surface area contributed by atoms with E-state index in [-0.39, 0.29) is 17.3 Å². The number of imidazole rings is 1. The molecule has 8 nitrogen and oxygen atoms in total. The normalized spacial score (nSPS) is 10.9. The second-order valence-electron chi connectivity index (χ2n) is 6.76. The third-order valence-electron chi connectivity index (χ3n) is 4.67. The van der Waals surface area contributed by atoms with E-state index in [4.69, 9.17) is 4.74 Å². The summed E-state index contributed by atoms with van der Waals surface area (Å²) in [4.78, 5) is 27.2. The largest absolute Gasteiger partial charge is 0.490 e. The number of rotatable bonds is 10. The average molecular weight is 429 g/mol. The zero-order valence-electron chi connectivity index (χ0n) is 17.0. The number of methoxy groups -OCH3 is 1. The predicted octanol–water partition coefficient (Wildman–Crippen LogP) is 3.70. The van der Waals surface area contributed by atoms with Crippen molar-refractivity contribution in [1.82, 2.24) is 14.9 Å². The minimum absolute atomic E-state index is 0.0461. The van der Waals surface area contributed by atoms with Gasteiger partial charge in [-0.1, -0.05) is 18.2 Å². The average Bonchev–Trinajstić information content (AvgIpc) is 3.06. The number of para-hydroxylation sites is 2. The maximum Gasteiger partial charge on any atom is 0.311 e. The minimum Gasteiger partial charge on any atom is -0.490 e. The van der Waals surface area contributed by atoms with E-state index in [1.807, 2.05) is 31.2 Å². The first-order valence-electron chi connectivity index (χ1n) is 9.57. The Labute approximate surface area is 178 Å². The molecule has 1 aromatic heterocycles. The monoisotopic (exact) mass is 428 g/mol. The number of carbonyl (C=O) groups excluding carboxylic acids is 1. The molecule has 30 heavy (non-hydrogen) atoms. The van der Waals surface area contributed by atoms with Crippen LogP contribution in [0.5, 0.6) is 5.75 Å². The molecule has 0 aliphatic heterocycles. The van der Waals surface area contributed by atoms with Crippen LogP contribution in [0.15, 0.2) is 42.5 Å². The van der Waals surface area contributed by atoms with Gasteiger partial charge in [-0.3, -0.25) is 14.9 Å². The zero-order chi connectivity index (χ0) is 21.5. The fourth-order valence-electron chi connectivity index (χ4n) is 3.22. The van der Waals surface area contributed by atoms with E-state index in [2.05, 4.69) is 14.9 Å². The lowest BCUT2D eigenvalue weighted by atomic mass is 10.2. The lowest BCUT2D eigenvalue weighted by Gasteiger charge is -2.08. The number of nitro benzene ring substituents is 1. The van der Waals surface area contributed by atoms with Gasteiger partial charge in [0.2, 0.25) is 5.91 Å². The highest BCUT2D eigenvalue weighted by Gasteiger charge is 2.15. The van der Waals surface area contributed by atoms with Crippen molar-refractivity contribution < 1.29 is 14.5 Å². The van der Waals surface area contributed by atoms with Crippen LogP contribution in [0, 0.1) is 17.0 Å². The van der Waals surface area contributed by atoms with E-state index >= 15 is 0 Å². The first-order valence-corrected chi connectivity index (χ1v) is 10.7. The molecule has 0 aliphatic rings. The van der Waals surface area contributed by atoms with Crippen LogP contribution in [-0.4, -0.2) is 39.8 Å². The first kappa shape index (κ1) is 21.6. The highest BCUT2D eigenvalue weighted by atomic mass is 32.2. The van der Waals surface area contributed by atoms with Crippen molar-refractivity contribution in [2.75, 3.05) is 19.4 Å². The van der Waals surface area contributed by atoms with Crippen molar-refractivity contribution in [2.45, 2.75) is 25.6 Å². The number of hydrogen-bond donors (Lipinski definition) is 1. The molecule has 0 atom stereocenters. The van der Waals surface area contributed by atoms with Crippen LogP contribution < -0.4 is 10.1 Å². The van der Waals surface area contributed by atoms with Gasteiger partial charge in [0, 0.05) is 24.9 Å². The van der Waals surface area contributed by atoms with Crippen LogP contribution in [0.4, 0.5) is 5.69 Å². The highest BCUT2D eigenvalue weighted by Crippen LogP contribution is 2.28. The summed E-state index contributed by atoms with van der Waals surface area (Å²) in [5.74, 6) is 1.96. The summed E-state index contributed by atoms with van der Waals surface area (Å²) in [6.45, 7) is 3.35. The fraction of sp³-hybridized carbons (Fsp3) is 0.333. The third-order valence-corrected chi connectivity index (χ3v) is 5.67. The fourth-order valence-corrected chi connectivity index (χ4v) is 4.03. The maximum atomic E-state index is 12.1. The van der Waals surface area contributed by atoms with Gasteiger partial charge in [-0.25, -0.2) is 4.98 Å². The lowest BCUT2D eigenvalue weighted by molar-refractivity contribution is -0.385. The molecule has 0 bridgehead atoms. The van der Waals surface area contributed by atoms with E-state index in [9.17, 15) is 14.9 Å². The van der Waals surface area contributed by atoms with E-state index in [0.717, 1.165) is 35.4 Å². The molecule has 0 spiro atoms. The van der Waals surface area contributed by atoms with Crippen molar-refractivity contribution in [3.63, 3.8) is 0 Å². The van der Waals surface area contributed by atoms with Crippen molar-refractivity contribution in [3.05, 3.63) is 64.0 Å². The van der Waals surface area contributed by atoms with Crippen LogP contribution in [0.3, 0.4) is 0 Å². The van der Waals surface area contributed by atoms with E-state index in [0.29, 0.717) is 18.1 Å². The number of hydrogen-bond acceptors (Lipinski definition) is 6. The molecular weight excluding hydrogens is 404 g/mol. The van der Waals surface area contributed by atoms with Crippen LogP contribution in [-0.2, 0) is 17.1 Å². The molecule has 1 N–H and O–H groups in total. The number of aryl methyl sites for hydroxylation is 2. The number of ether oxygens (including phenoxy) is 1. The quantitative estimate of drug-likeness (QED) is 0.300. The molecule has 0 saturated heterocycles. The molecule has 0 unspecified atom stereocenters. The van der Waals surface area contributed by atoms with Gasteiger partial charge in [0.1, 0.15) is 5.82 Å². The topological polar surface area (TPSA) is 99.3 Å². The Kier molecular flexibility index (Phi) is 7.29. The Morgan fingerprint density at radius 1 is 1.30 bits per heavy atom. The van der Waals surface area contributed by atoms with Gasteiger partial charge in [0.15, 0.2) is 5.75 Å². The number of fused-ring (bicyclic) bond motifs is 1. The standard InChI is InChI=1S/C21H24N4O4S/c1-15-23-17-6-3-4-7-18(17)24(15)11-5-10-22-21(26)14-30-13-16-8-9-20(29-2)19(12-16)25(27)28/h3-4,6-9,12H,5,10-11,13-14H2,1-2H3,(H,22,26). The van der Waals surface area contributed by atoms with Gasteiger partial charge in [0.05, 0.1) is 28.8 Å². The minimum atomic E-state index is -0.467. The Bertz CT molecular complexity index is 1050. The molecule has 2 aromatic carbocycles. The molecule has 3 rings (SSSR count). The lowest BCUT2D eigenvalue weighted by Crippen LogP contribution is -2.27. The zero-order valence-corrected chi connectivity index (χ0v) is 17.8. The highest BCUT2D eigenvalue weighted by molar-refractivity contribution is 7.99. The van der Waals surface area contributed by atoms with Gasteiger partial charge >= 0.3 is 5.69 Å². The predicted molar refractivity (Wildman–Crippen MR) is 118 cm³/mol. The summed E-state index contributed by atoms with van der Waals surface area (Å²) in [5, 5.41) is 14.0. The summed E-state index contributed by atoms with van der Waals surface area (Å²) in [6, 6.07) is 12.9. The molecule has 158 valence electrons. The SMILES string of the molecule is COc1ccc(CSCC(=O)NCCCn2c(C)nc3ccccc32)cc1[N+](=O)[O-].